The molecule has 1 fully saturated rings. The number of Topliss-reactive ketones (excluding diaryl/α,β-unsaturated/α-hetero) is 1. The van der Waals surface area contributed by atoms with E-state index in [0.717, 1.165) is 25.2 Å². The van der Waals surface area contributed by atoms with E-state index in [4.69, 9.17) is 0 Å². The van der Waals surface area contributed by atoms with E-state index in [9.17, 15) is 4.79 Å². The molecule has 0 spiro atoms. The van der Waals surface area contributed by atoms with Crippen molar-refractivity contribution in [2.45, 2.75) is 38.6 Å². The van der Waals surface area contributed by atoms with Gasteiger partial charge in [0.05, 0.1) is 0 Å². The molecule has 0 N–H and O–H groups in total. The Morgan fingerprint density at radius 1 is 1.69 bits per heavy atom. The highest BCUT2D eigenvalue weighted by Crippen LogP contribution is 2.30. The SMILES string of the molecule is CCn1ccnc1C1CCC(=O)C1. The van der Waals surface area contributed by atoms with Crippen molar-refractivity contribution in [2.75, 3.05) is 0 Å². The molecule has 0 bridgehead atoms. The molecule has 1 aliphatic rings. The first-order valence-corrected chi connectivity index (χ1v) is 4.84. The van der Waals surface area contributed by atoms with Gasteiger partial charge in [0.15, 0.2) is 0 Å². The fourth-order valence-electron chi connectivity index (χ4n) is 1.98. The second-order valence-electron chi connectivity index (χ2n) is 3.55. The number of hydrogen-bond acceptors (Lipinski definition) is 2. The third-order valence-corrected chi connectivity index (χ3v) is 2.70. The highest BCUT2D eigenvalue weighted by atomic mass is 16.1. The van der Waals surface area contributed by atoms with Crippen LogP contribution in [-0.2, 0) is 11.3 Å². The van der Waals surface area contributed by atoms with Gasteiger partial charge in [-0.05, 0) is 13.3 Å². The molecule has 1 aliphatic carbocycles. The van der Waals surface area contributed by atoms with Crippen LogP contribution in [0.3, 0.4) is 0 Å². The van der Waals surface area contributed by atoms with Gasteiger partial charge in [0.1, 0.15) is 11.6 Å². The second kappa shape index (κ2) is 3.32. The maximum Gasteiger partial charge on any atom is 0.133 e. The van der Waals surface area contributed by atoms with E-state index in [-0.39, 0.29) is 0 Å². The Balaban J connectivity index is 2.20. The predicted octanol–water partition coefficient (Wildman–Crippen LogP) is 1.74. The molecule has 0 saturated heterocycles. The van der Waals surface area contributed by atoms with Crippen molar-refractivity contribution in [1.82, 2.24) is 9.55 Å². The van der Waals surface area contributed by atoms with Crippen molar-refractivity contribution in [3.8, 4) is 0 Å². The minimum atomic E-state index is 0.377. The number of imidazole rings is 1. The maximum absolute atomic E-state index is 11.1. The average Bonchev–Trinajstić information content (AvgIpc) is 2.71. The highest BCUT2D eigenvalue weighted by molar-refractivity contribution is 5.81. The van der Waals surface area contributed by atoms with Crippen LogP contribution in [0.2, 0.25) is 0 Å². The van der Waals surface area contributed by atoms with Gasteiger partial charge in [-0.3, -0.25) is 4.79 Å². The Morgan fingerprint density at radius 2 is 2.54 bits per heavy atom. The summed E-state index contributed by atoms with van der Waals surface area (Å²) in [6, 6.07) is 0. The van der Waals surface area contributed by atoms with Crippen LogP contribution >= 0.6 is 0 Å². The Morgan fingerprint density at radius 3 is 3.15 bits per heavy atom. The minimum absolute atomic E-state index is 0.377. The molecule has 1 aromatic rings. The Hall–Kier alpha value is -1.12. The number of carbonyl (C=O) groups is 1. The largest absolute Gasteiger partial charge is 0.335 e. The summed E-state index contributed by atoms with van der Waals surface area (Å²) in [4.78, 5) is 15.4. The lowest BCUT2D eigenvalue weighted by molar-refractivity contribution is -0.117. The van der Waals surface area contributed by atoms with Gasteiger partial charge in [-0.1, -0.05) is 0 Å². The number of aromatic nitrogens is 2. The molecule has 0 aliphatic heterocycles. The lowest BCUT2D eigenvalue weighted by atomic mass is 10.1. The van der Waals surface area contributed by atoms with Crippen LogP contribution in [0.25, 0.3) is 0 Å². The van der Waals surface area contributed by atoms with Gasteiger partial charge in [0.2, 0.25) is 0 Å². The number of hydrogen-bond donors (Lipinski definition) is 0. The van der Waals surface area contributed by atoms with Crippen LogP contribution < -0.4 is 0 Å². The first-order valence-electron chi connectivity index (χ1n) is 4.84. The van der Waals surface area contributed by atoms with E-state index < -0.39 is 0 Å². The van der Waals surface area contributed by atoms with Gasteiger partial charge < -0.3 is 4.57 Å². The summed E-state index contributed by atoms with van der Waals surface area (Å²) in [5, 5.41) is 0. The quantitative estimate of drug-likeness (QED) is 0.691. The number of nitrogens with zero attached hydrogens (tertiary/aromatic N) is 2. The summed E-state index contributed by atoms with van der Waals surface area (Å²) >= 11 is 0. The van der Waals surface area contributed by atoms with Crippen LogP contribution in [0.1, 0.15) is 37.9 Å². The number of carbonyl (C=O) groups excluding carboxylic acids is 1. The minimum Gasteiger partial charge on any atom is -0.335 e. The topological polar surface area (TPSA) is 34.9 Å². The smallest absolute Gasteiger partial charge is 0.133 e. The lowest BCUT2D eigenvalue weighted by Gasteiger charge is -2.09. The van der Waals surface area contributed by atoms with Gasteiger partial charge in [-0.15, -0.1) is 0 Å². The zero-order valence-electron chi connectivity index (χ0n) is 7.86. The van der Waals surface area contributed by atoms with Crippen molar-refractivity contribution in [2.24, 2.45) is 0 Å². The zero-order valence-corrected chi connectivity index (χ0v) is 7.86. The van der Waals surface area contributed by atoms with Crippen LogP contribution in [-0.4, -0.2) is 15.3 Å². The van der Waals surface area contributed by atoms with Crippen LogP contribution in [0.4, 0.5) is 0 Å². The van der Waals surface area contributed by atoms with Crippen LogP contribution in [0.15, 0.2) is 12.4 Å². The van der Waals surface area contributed by atoms with Gasteiger partial charge in [0, 0.05) is 37.7 Å². The molecule has 0 amide bonds. The van der Waals surface area contributed by atoms with E-state index in [0.29, 0.717) is 18.1 Å². The first kappa shape index (κ1) is 8.48. The Bertz CT molecular complexity index is 316. The highest BCUT2D eigenvalue weighted by Gasteiger charge is 2.26. The standard InChI is InChI=1S/C10H14N2O/c1-2-12-6-5-11-10(12)8-3-4-9(13)7-8/h5-6,8H,2-4,7H2,1H3. The third-order valence-electron chi connectivity index (χ3n) is 2.70. The van der Waals surface area contributed by atoms with E-state index >= 15 is 0 Å². The van der Waals surface area contributed by atoms with E-state index in [1.54, 1.807) is 0 Å². The lowest BCUT2D eigenvalue weighted by Crippen LogP contribution is -2.05. The molecule has 13 heavy (non-hydrogen) atoms. The molecule has 2 rings (SSSR count). The summed E-state index contributed by atoms with van der Waals surface area (Å²) in [5.41, 5.74) is 0. The van der Waals surface area contributed by atoms with E-state index in [2.05, 4.69) is 16.5 Å². The molecule has 0 radical (unpaired) electrons. The van der Waals surface area contributed by atoms with Crippen molar-refractivity contribution in [3.63, 3.8) is 0 Å². The normalized spacial score (nSPS) is 22.5. The average molecular weight is 178 g/mol. The molecule has 1 atom stereocenters. The Labute approximate surface area is 77.8 Å². The first-order chi connectivity index (χ1) is 6.31. The van der Waals surface area contributed by atoms with Crippen molar-refractivity contribution < 1.29 is 4.79 Å². The van der Waals surface area contributed by atoms with Crippen LogP contribution in [0.5, 0.6) is 0 Å². The van der Waals surface area contributed by atoms with Gasteiger partial charge in [-0.2, -0.15) is 0 Å². The van der Waals surface area contributed by atoms with Crippen molar-refractivity contribution in [1.29, 1.82) is 0 Å². The molecular weight excluding hydrogens is 164 g/mol. The fourth-order valence-corrected chi connectivity index (χ4v) is 1.98. The molecule has 1 unspecified atom stereocenters. The van der Waals surface area contributed by atoms with Crippen molar-refractivity contribution in [3.05, 3.63) is 18.2 Å². The van der Waals surface area contributed by atoms with Gasteiger partial charge >= 0.3 is 0 Å². The molecule has 3 nitrogen and oxygen atoms in total. The maximum atomic E-state index is 11.1. The molecule has 1 aromatic heterocycles. The fraction of sp³-hybridized carbons (Fsp3) is 0.600. The monoisotopic (exact) mass is 178 g/mol. The molecule has 1 saturated carbocycles. The zero-order chi connectivity index (χ0) is 9.26. The van der Waals surface area contributed by atoms with Gasteiger partial charge in [-0.25, -0.2) is 4.98 Å². The van der Waals surface area contributed by atoms with E-state index in [1.165, 1.54) is 0 Å². The number of ketones is 1. The predicted molar refractivity (Wildman–Crippen MR) is 49.5 cm³/mol. The van der Waals surface area contributed by atoms with Gasteiger partial charge in [0.25, 0.3) is 0 Å². The summed E-state index contributed by atoms with van der Waals surface area (Å²) in [7, 11) is 0. The third kappa shape index (κ3) is 1.50. The molecule has 0 aromatic carbocycles. The Kier molecular flexibility index (Phi) is 2.17. The number of aryl methyl sites for hydroxylation is 1. The van der Waals surface area contributed by atoms with Crippen molar-refractivity contribution >= 4 is 5.78 Å². The second-order valence-corrected chi connectivity index (χ2v) is 3.55. The molecular formula is C10H14N2O. The molecule has 70 valence electrons. The molecule has 3 heteroatoms. The molecule has 1 heterocycles. The summed E-state index contributed by atoms with van der Waals surface area (Å²) in [5.74, 6) is 1.85. The number of rotatable bonds is 2. The summed E-state index contributed by atoms with van der Waals surface area (Å²) < 4.78 is 2.13. The van der Waals surface area contributed by atoms with E-state index in [1.807, 2.05) is 12.4 Å². The summed E-state index contributed by atoms with van der Waals surface area (Å²) in [6.07, 6.45) is 6.22. The van der Waals surface area contributed by atoms with Crippen LogP contribution in [0, 0.1) is 0 Å². The summed E-state index contributed by atoms with van der Waals surface area (Å²) in [6.45, 7) is 3.04.